The molecule has 3 aromatic rings. The van der Waals surface area contributed by atoms with E-state index < -0.39 is 0 Å². The molecule has 0 saturated carbocycles. The Kier molecular flexibility index (Phi) is 4.80. The van der Waals surface area contributed by atoms with E-state index in [4.69, 9.17) is 23.2 Å². The molecule has 3 heterocycles. The van der Waals surface area contributed by atoms with Crippen LogP contribution in [0.5, 0.6) is 0 Å². The van der Waals surface area contributed by atoms with E-state index in [0.717, 1.165) is 36.5 Å². The molecule has 0 spiro atoms. The largest absolute Gasteiger partial charge is 0.327 e. The Morgan fingerprint density at radius 2 is 2.09 bits per heavy atom. The molecule has 114 valence electrons. The summed E-state index contributed by atoms with van der Waals surface area (Å²) >= 11 is 18.8. The third kappa shape index (κ3) is 2.92. The molecule has 0 fully saturated rings. The van der Waals surface area contributed by atoms with Gasteiger partial charge in [-0.15, -0.1) is 11.3 Å². The van der Waals surface area contributed by atoms with Crippen LogP contribution in [0, 0.1) is 6.92 Å². The summed E-state index contributed by atoms with van der Waals surface area (Å²) in [5.41, 5.74) is 3.14. The number of hydrogen-bond acceptors (Lipinski definition) is 6. The number of aryl methyl sites for hydroxylation is 1. The summed E-state index contributed by atoms with van der Waals surface area (Å²) in [4.78, 5) is 14.0. The molecule has 0 unspecified atom stereocenters. The highest BCUT2D eigenvalue weighted by atomic mass is 79.9. The smallest absolute Gasteiger partial charge is 0.223 e. The third-order valence-corrected chi connectivity index (χ3v) is 6.16. The van der Waals surface area contributed by atoms with Gasteiger partial charge in [-0.3, -0.25) is 0 Å². The number of rotatable bonds is 3. The molecule has 0 atom stereocenters. The maximum Gasteiger partial charge on any atom is 0.223 e. The van der Waals surface area contributed by atoms with E-state index in [-0.39, 0.29) is 5.28 Å². The van der Waals surface area contributed by atoms with Crippen LogP contribution < -0.4 is 4.72 Å². The fourth-order valence-electron chi connectivity index (χ4n) is 1.99. The fourth-order valence-corrected chi connectivity index (χ4v) is 4.40. The molecule has 0 saturated heterocycles. The van der Waals surface area contributed by atoms with E-state index in [1.165, 1.54) is 11.9 Å². The van der Waals surface area contributed by atoms with E-state index >= 15 is 0 Å². The van der Waals surface area contributed by atoms with Gasteiger partial charge in [-0.25, -0.2) is 15.0 Å². The average molecular weight is 436 g/mol. The lowest BCUT2D eigenvalue weighted by atomic mass is 10.2. The van der Waals surface area contributed by atoms with Gasteiger partial charge in [-0.2, -0.15) is 0 Å². The number of nitrogens with zero attached hydrogens (tertiary/aromatic N) is 3. The molecule has 9 heteroatoms. The summed E-state index contributed by atoms with van der Waals surface area (Å²) in [5.74, 6) is 0. The van der Waals surface area contributed by atoms with Crippen molar-refractivity contribution in [1.82, 2.24) is 15.0 Å². The highest BCUT2D eigenvalue weighted by Crippen LogP contribution is 2.40. The number of nitrogens with one attached hydrogen (secondary N) is 1. The molecule has 1 N–H and O–H groups in total. The van der Waals surface area contributed by atoms with Gasteiger partial charge >= 0.3 is 0 Å². The van der Waals surface area contributed by atoms with Gasteiger partial charge in [0.05, 0.1) is 20.6 Å². The van der Waals surface area contributed by atoms with Gasteiger partial charge in [0, 0.05) is 22.9 Å². The zero-order chi connectivity index (χ0) is 15.9. The van der Waals surface area contributed by atoms with Gasteiger partial charge in [0.15, 0.2) is 5.15 Å². The first-order valence-corrected chi connectivity index (χ1v) is 9.67. The summed E-state index contributed by atoms with van der Waals surface area (Å²) in [5, 5.41) is 0.619. The van der Waals surface area contributed by atoms with E-state index in [1.807, 2.05) is 19.2 Å². The number of anilines is 1. The van der Waals surface area contributed by atoms with Gasteiger partial charge < -0.3 is 4.72 Å². The highest BCUT2D eigenvalue weighted by molar-refractivity contribution is 9.10. The van der Waals surface area contributed by atoms with Crippen molar-refractivity contribution < 1.29 is 0 Å². The molecule has 4 nitrogen and oxygen atoms in total. The monoisotopic (exact) mass is 434 g/mol. The third-order valence-electron chi connectivity index (χ3n) is 2.93. The minimum atomic E-state index is 0.204. The van der Waals surface area contributed by atoms with Crippen LogP contribution in [0.25, 0.3) is 21.5 Å². The fraction of sp³-hybridized carbons (Fsp3) is 0.154. The van der Waals surface area contributed by atoms with Crippen LogP contribution in [0.2, 0.25) is 10.4 Å². The van der Waals surface area contributed by atoms with Crippen LogP contribution in [0.15, 0.2) is 16.7 Å². The van der Waals surface area contributed by atoms with Crippen molar-refractivity contribution in [2.24, 2.45) is 0 Å². The Morgan fingerprint density at radius 3 is 2.82 bits per heavy atom. The lowest BCUT2D eigenvalue weighted by molar-refractivity contribution is 1.22. The Bertz CT molecular complexity index is 869. The van der Waals surface area contributed by atoms with Crippen molar-refractivity contribution in [2.75, 3.05) is 11.0 Å². The first-order valence-electron chi connectivity index (χ1n) is 6.08. The number of pyridine rings is 1. The molecule has 0 aliphatic heterocycles. The predicted molar refractivity (Wildman–Crippen MR) is 100 cm³/mol. The molecule has 0 aliphatic rings. The van der Waals surface area contributed by atoms with Crippen LogP contribution in [-0.4, -0.2) is 21.2 Å². The Labute approximate surface area is 153 Å². The number of thiophene rings is 1. The standard InChI is InChI=1S/C13H9BrCl2N4S2/c1-5-8(14)10-11(22-5)9(18-13(16)19-10)6-3-7(20-21-2)12(15)17-4-6/h3-4,20H,1-2H3. The van der Waals surface area contributed by atoms with Gasteiger partial charge in [0.25, 0.3) is 0 Å². The SMILES string of the molecule is CSNc1cc(-c2nc(Cl)nc3c(Br)c(C)sc23)cnc1Cl. The van der Waals surface area contributed by atoms with Crippen molar-refractivity contribution >= 4 is 78.3 Å². The lowest BCUT2D eigenvalue weighted by Crippen LogP contribution is -1.93. The molecular formula is C13H9BrCl2N4S2. The first-order chi connectivity index (χ1) is 10.5. The molecule has 3 aromatic heterocycles. The highest BCUT2D eigenvalue weighted by Gasteiger charge is 2.17. The van der Waals surface area contributed by atoms with Crippen molar-refractivity contribution in [1.29, 1.82) is 0 Å². The van der Waals surface area contributed by atoms with Crippen LogP contribution in [0.1, 0.15) is 4.88 Å². The second-order valence-corrected chi connectivity index (χ2v) is 7.69. The second kappa shape index (κ2) is 6.49. The molecule has 0 aromatic carbocycles. The Hall–Kier alpha value is -0.600. The zero-order valence-electron chi connectivity index (χ0n) is 11.4. The van der Waals surface area contributed by atoms with E-state index in [2.05, 4.69) is 35.6 Å². The van der Waals surface area contributed by atoms with Crippen molar-refractivity contribution in [3.05, 3.63) is 32.0 Å². The summed E-state index contributed by atoms with van der Waals surface area (Å²) in [6.45, 7) is 2.02. The molecule has 3 rings (SSSR count). The van der Waals surface area contributed by atoms with Gasteiger partial charge in [0.1, 0.15) is 5.52 Å². The van der Waals surface area contributed by atoms with Gasteiger partial charge in [-0.1, -0.05) is 23.5 Å². The summed E-state index contributed by atoms with van der Waals surface area (Å²) < 4.78 is 5.02. The minimum absolute atomic E-state index is 0.204. The van der Waals surface area contributed by atoms with Crippen LogP contribution in [-0.2, 0) is 0 Å². The number of halogens is 3. The van der Waals surface area contributed by atoms with Crippen LogP contribution in [0.3, 0.4) is 0 Å². The molecule has 22 heavy (non-hydrogen) atoms. The lowest BCUT2D eigenvalue weighted by Gasteiger charge is -2.08. The maximum atomic E-state index is 6.09. The normalized spacial score (nSPS) is 11.1. The second-order valence-electron chi connectivity index (χ2n) is 4.36. The summed E-state index contributed by atoms with van der Waals surface area (Å²) in [6, 6.07) is 1.91. The van der Waals surface area contributed by atoms with Gasteiger partial charge in [-0.05, 0) is 40.5 Å². The Balaban J connectivity index is 2.26. The molecule has 0 radical (unpaired) electrons. The Morgan fingerprint density at radius 1 is 1.32 bits per heavy atom. The van der Waals surface area contributed by atoms with Crippen molar-refractivity contribution in [2.45, 2.75) is 6.92 Å². The average Bonchev–Trinajstić information content (AvgIpc) is 2.77. The first kappa shape index (κ1) is 16.3. The zero-order valence-corrected chi connectivity index (χ0v) is 16.2. The molecule has 0 bridgehead atoms. The van der Waals surface area contributed by atoms with Crippen LogP contribution in [0.4, 0.5) is 5.69 Å². The molecular weight excluding hydrogens is 427 g/mol. The quantitative estimate of drug-likeness (QED) is 0.319. The number of fused-ring (bicyclic) bond motifs is 1. The predicted octanol–water partition coefficient (Wildman–Crippen LogP) is 5.82. The van der Waals surface area contributed by atoms with Gasteiger partial charge in [0.2, 0.25) is 5.28 Å². The van der Waals surface area contributed by atoms with Crippen molar-refractivity contribution in [3.63, 3.8) is 0 Å². The van der Waals surface area contributed by atoms with Crippen LogP contribution >= 0.6 is 62.4 Å². The topological polar surface area (TPSA) is 50.7 Å². The summed E-state index contributed by atoms with van der Waals surface area (Å²) in [7, 11) is 0. The van der Waals surface area contributed by atoms with E-state index in [0.29, 0.717) is 5.15 Å². The van der Waals surface area contributed by atoms with E-state index in [1.54, 1.807) is 17.5 Å². The summed E-state index contributed by atoms with van der Waals surface area (Å²) in [6.07, 6.45) is 3.61. The van der Waals surface area contributed by atoms with Crippen molar-refractivity contribution in [3.8, 4) is 11.3 Å². The maximum absolute atomic E-state index is 6.09. The number of hydrogen-bond donors (Lipinski definition) is 1. The molecule has 0 amide bonds. The molecule has 0 aliphatic carbocycles. The minimum Gasteiger partial charge on any atom is -0.327 e. The van der Waals surface area contributed by atoms with E-state index in [9.17, 15) is 0 Å². The number of aromatic nitrogens is 3.